The molecule has 2 aromatic carbocycles. The van der Waals surface area contributed by atoms with Gasteiger partial charge in [0.25, 0.3) is 0 Å². The van der Waals surface area contributed by atoms with Gasteiger partial charge in [-0.05, 0) is 43.7 Å². The highest BCUT2D eigenvalue weighted by atomic mass is 35.5. The van der Waals surface area contributed by atoms with Crippen LogP contribution < -0.4 is 21.6 Å². The van der Waals surface area contributed by atoms with Crippen molar-refractivity contribution in [3.8, 4) is 5.75 Å². The quantitative estimate of drug-likeness (QED) is 0.129. The summed E-state index contributed by atoms with van der Waals surface area (Å²) in [6.07, 6.45) is -1.16. The number of esters is 1. The Labute approximate surface area is 190 Å². The summed E-state index contributed by atoms with van der Waals surface area (Å²) in [4.78, 5) is 40.7. The number of rotatable bonds is 9. The van der Waals surface area contributed by atoms with Gasteiger partial charge in [0, 0.05) is 17.5 Å². The number of carbonyl (C=O) groups excluding carboxylic acids is 3. The monoisotopic (exact) mass is 461 g/mol. The second kappa shape index (κ2) is 11.6. The molecule has 2 amide bonds. The third kappa shape index (κ3) is 7.47. The van der Waals surface area contributed by atoms with Crippen molar-refractivity contribution < 1.29 is 23.9 Å². The fraction of sp³-hybridized carbons (Fsp3) is 0.238. The lowest BCUT2D eigenvalue weighted by Gasteiger charge is -2.29. The van der Waals surface area contributed by atoms with Crippen LogP contribution in [0, 0.1) is 0 Å². The van der Waals surface area contributed by atoms with E-state index in [1.165, 1.54) is 12.1 Å². The number of nitrogens with zero attached hydrogens (tertiary/aromatic N) is 2. The van der Waals surface area contributed by atoms with Gasteiger partial charge < -0.3 is 20.9 Å². The lowest BCUT2D eigenvalue weighted by molar-refractivity contribution is -0.141. The van der Waals surface area contributed by atoms with Gasteiger partial charge in [0.1, 0.15) is 5.75 Å². The number of nitrogens with one attached hydrogen (secondary N) is 1. The van der Waals surface area contributed by atoms with Crippen LogP contribution in [-0.4, -0.2) is 41.6 Å². The topological polar surface area (TPSA) is 149 Å². The lowest BCUT2D eigenvalue weighted by atomic mass is 10.1. The fourth-order valence-corrected chi connectivity index (χ4v) is 2.92. The second-order valence-electron chi connectivity index (χ2n) is 6.85. The number of carbonyl (C=O) groups is 3. The van der Waals surface area contributed by atoms with E-state index in [4.69, 9.17) is 32.5 Å². The van der Waals surface area contributed by atoms with Gasteiger partial charge in [0.15, 0.2) is 12.0 Å². The van der Waals surface area contributed by atoms with Gasteiger partial charge in [-0.15, -0.1) is 0 Å². The molecule has 10 nitrogen and oxygen atoms in total. The molecule has 0 aliphatic carbocycles. The van der Waals surface area contributed by atoms with Crippen LogP contribution in [0.2, 0.25) is 5.02 Å². The molecule has 2 rings (SSSR count). The molecule has 32 heavy (non-hydrogen) atoms. The zero-order valence-corrected chi connectivity index (χ0v) is 18.3. The van der Waals surface area contributed by atoms with Gasteiger partial charge >= 0.3 is 12.1 Å². The predicted molar refractivity (Wildman–Crippen MR) is 119 cm³/mol. The van der Waals surface area contributed by atoms with E-state index in [0.717, 1.165) is 5.01 Å². The summed E-state index contributed by atoms with van der Waals surface area (Å²) in [5.41, 5.74) is 14.0. The van der Waals surface area contributed by atoms with Gasteiger partial charge in [0.05, 0.1) is 11.8 Å². The standard InChI is InChI=1S/C21H24ClN5O5/c1-13(2)31-21(30)27(25-12-28)18(10-14-5-3-6-15(22)9-14)19(29)32-17-8-4-7-16(11-17)26-20(23)24/h3-9,11-13,18H,10H2,1-2H3,(H,25,28)(H4,23,24,26)/t18-/m0/s1. The smallest absolute Gasteiger partial charge is 0.429 e. The first kappa shape index (κ1) is 24.5. The van der Waals surface area contributed by atoms with Crippen LogP contribution in [0.25, 0.3) is 0 Å². The van der Waals surface area contributed by atoms with Crippen molar-refractivity contribution in [1.82, 2.24) is 10.4 Å². The largest absolute Gasteiger partial charge is 0.445 e. The van der Waals surface area contributed by atoms with Crippen LogP contribution in [0.4, 0.5) is 10.5 Å². The summed E-state index contributed by atoms with van der Waals surface area (Å²) >= 11 is 6.04. The molecule has 170 valence electrons. The minimum absolute atomic E-state index is 0.0129. The number of ether oxygens (including phenoxy) is 2. The molecule has 0 saturated heterocycles. The zero-order valence-electron chi connectivity index (χ0n) is 17.5. The van der Waals surface area contributed by atoms with Crippen LogP contribution >= 0.6 is 11.6 Å². The normalized spacial score (nSPS) is 11.2. The molecule has 0 unspecified atom stereocenters. The fourth-order valence-electron chi connectivity index (χ4n) is 2.70. The number of hydrogen-bond acceptors (Lipinski definition) is 6. The number of aliphatic imine (C=N–C) groups is 1. The Bertz CT molecular complexity index is 994. The number of halogens is 1. The minimum atomic E-state index is -1.27. The molecule has 11 heteroatoms. The molecule has 0 fully saturated rings. The Morgan fingerprint density at radius 2 is 1.91 bits per heavy atom. The predicted octanol–water partition coefficient (Wildman–Crippen LogP) is 2.27. The van der Waals surface area contributed by atoms with E-state index < -0.39 is 24.2 Å². The Morgan fingerprint density at radius 1 is 1.19 bits per heavy atom. The van der Waals surface area contributed by atoms with Gasteiger partial charge in [-0.25, -0.2) is 19.6 Å². The van der Waals surface area contributed by atoms with Crippen molar-refractivity contribution in [3.63, 3.8) is 0 Å². The van der Waals surface area contributed by atoms with E-state index in [1.807, 2.05) is 0 Å². The van der Waals surface area contributed by atoms with Crippen molar-refractivity contribution in [3.05, 3.63) is 59.1 Å². The maximum absolute atomic E-state index is 13.1. The molecule has 0 radical (unpaired) electrons. The molecule has 2 aromatic rings. The van der Waals surface area contributed by atoms with E-state index >= 15 is 0 Å². The van der Waals surface area contributed by atoms with E-state index in [9.17, 15) is 14.4 Å². The third-order valence-corrected chi connectivity index (χ3v) is 4.16. The maximum Gasteiger partial charge on any atom is 0.429 e. The van der Waals surface area contributed by atoms with Crippen molar-refractivity contribution in [2.24, 2.45) is 16.5 Å². The molecule has 0 heterocycles. The molecule has 0 aliphatic rings. The van der Waals surface area contributed by atoms with Gasteiger partial charge in [0.2, 0.25) is 6.41 Å². The summed E-state index contributed by atoms with van der Waals surface area (Å²) in [6, 6.07) is 11.6. The Morgan fingerprint density at radius 3 is 2.53 bits per heavy atom. The maximum atomic E-state index is 13.1. The molecule has 0 saturated carbocycles. The van der Waals surface area contributed by atoms with Crippen molar-refractivity contribution in [2.75, 3.05) is 0 Å². The molecule has 1 atom stereocenters. The SMILES string of the molecule is CC(C)OC(=O)N(NC=O)[C@@H](Cc1cccc(Cl)c1)C(=O)Oc1cccc(N=C(N)N)c1. The summed E-state index contributed by atoms with van der Waals surface area (Å²) in [5, 5.41) is 1.22. The first-order chi connectivity index (χ1) is 15.2. The van der Waals surface area contributed by atoms with Crippen LogP contribution in [0.1, 0.15) is 19.4 Å². The third-order valence-electron chi connectivity index (χ3n) is 3.92. The zero-order chi connectivity index (χ0) is 23.7. The molecule has 0 spiro atoms. The van der Waals surface area contributed by atoms with Gasteiger partial charge in [-0.3, -0.25) is 10.2 Å². The van der Waals surface area contributed by atoms with Crippen LogP contribution in [0.5, 0.6) is 5.75 Å². The number of guanidine groups is 1. The average Bonchev–Trinajstić information content (AvgIpc) is 2.69. The summed E-state index contributed by atoms with van der Waals surface area (Å²) in [5.74, 6) is -0.858. The molecule has 5 N–H and O–H groups in total. The number of nitrogens with two attached hydrogens (primary N) is 2. The van der Waals surface area contributed by atoms with E-state index in [1.54, 1.807) is 50.2 Å². The van der Waals surface area contributed by atoms with E-state index in [0.29, 0.717) is 16.3 Å². The van der Waals surface area contributed by atoms with Crippen LogP contribution in [0.15, 0.2) is 53.5 Å². The number of benzene rings is 2. The number of amides is 2. The van der Waals surface area contributed by atoms with Gasteiger partial charge in [-0.2, -0.15) is 0 Å². The van der Waals surface area contributed by atoms with Crippen LogP contribution in [0.3, 0.4) is 0 Å². The highest BCUT2D eigenvalue weighted by molar-refractivity contribution is 6.30. The first-order valence-corrected chi connectivity index (χ1v) is 9.93. The van der Waals surface area contributed by atoms with Crippen molar-refractivity contribution >= 4 is 41.7 Å². The van der Waals surface area contributed by atoms with Gasteiger partial charge in [-0.1, -0.05) is 29.8 Å². The highest BCUT2D eigenvalue weighted by Crippen LogP contribution is 2.22. The second-order valence-corrected chi connectivity index (χ2v) is 7.29. The van der Waals surface area contributed by atoms with E-state index in [2.05, 4.69) is 10.4 Å². The number of hydrogen-bond donors (Lipinski definition) is 3. The lowest BCUT2D eigenvalue weighted by Crippen LogP contribution is -2.55. The Balaban J connectivity index is 2.37. The minimum Gasteiger partial charge on any atom is -0.445 e. The number of hydrazine groups is 1. The molecule has 0 bridgehead atoms. The summed E-state index contributed by atoms with van der Waals surface area (Å²) < 4.78 is 10.6. The molecule has 0 aromatic heterocycles. The Hall–Kier alpha value is -3.79. The Kier molecular flexibility index (Phi) is 8.84. The van der Waals surface area contributed by atoms with Crippen molar-refractivity contribution in [2.45, 2.75) is 32.4 Å². The molecular weight excluding hydrogens is 438 g/mol. The molecular formula is C21H24ClN5O5. The summed E-state index contributed by atoms with van der Waals surface area (Å²) in [6.45, 7) is 3.27. The van der Waals surface area contributed by atoms with Crippen LogP contribution in [-0.2, 0) is 20.7 Å². The van der Waals surface area contributed by atoms with Crippen molar-refractivity contribution in [1.29, 1.82) is 0 Å². The first-order valence-electron chi connectivity index (χ1n) is 9.55. The highest BCUT2D eigenvalue weighted by Gasteiger charge is 2.34. The average molecular weight is 462 g/mol. The van der Waals surface area contributed by atoms with E-state index in [-0.39, 0.29) is 24.5 Å². The summed E-state index contributed by atoms with van der Waals surface area (Å²) in [7, 11) is 0. The molecule has 0 aliphatic heterocycles.